The Morgan fingerprint density at radius 3 is 2.74 bits per heavy atom. The second kappa shape index (κ2) is 7.53. The Labute approximate surface area is 178 Å². The lowest BCUT2D eigenvalue weighted by Gasteiger charge is -2.10. The molecule has 5 rings (SSSR count). The van der Waals surface area contributed by atoms with E-state index in [2.05, 4.69) is 30.6 Å². The first-order chi connectivity index (χ1) is 15.1. The van der Waals surface area contributed by atoms with Crippen molar-refractivity contribution in [2.45, 2.75) is 6.92 Å². The molecule has 0 aliphatic carbocycles. The number of anilines is 2. The monoisotopic (exact) mass is 408 g/mol. The van der Waals surface area contributed by atoms with Gasteiger partial charge in [0.2, 0.25) is 0 Å². The zero-order valence-corrected chi connectivity index (χ0v) is 17.1. The highest BCUT2D eigenvalue weighted by Crippen LogP contribution is 2.28. The molecule has 0 saturated heterocycles. The summed E-state index contributed by atoms with van der Waals surface area (Å²) in [6.07, 6.45) is 7.00. The van der Waals surface area contributed by atoms with E-state index < -0.39 is 0 Å². The van der Waals surface area contributed by atoms with E-state index in [-0.39, 0.29) is 5.91 Å². The number of benzene rings is 1. The number of para-hydroxylation sites is 1. The SMILES string of the molecule is CNc1cc2ncc(-c3cc(NC(=O)c4c[nH]c5ccccc45)cnc3C)cc2cn1. The van der Waals surface area contributed by atoms with Gasteiger partial charge in [0.05, 0.1) is 23.0 Å². The van der Waals surface area contributed by atoms with E-state index in [4.69, 9.17) is 0 Å². The van der Waals surface area contributed by atoms with Gasteiger partial charge in [-0.1, -0.05) is 18.2 Å². The molecule has 0 spiro atoms. The fourth-order valence-electron chi connectivity index (χ4n) is 3.66. The van der Waals surface area contributed by atoms with Gasteiger partial charge >= 0.3 is 0 Å². The predicted octanol–water partition coefficient (Wildman–Crippen LogP) is 4.78. The van der Waals surface area contributed by atoms with Gasteiger partial charge < -0.3 is 15.6 Å². The Hall–Kier alpha value is -4.26. The van der Waals surface area contributed by atoms with Gasteiger partial charge in [-0.2, -0.15) is 0 Å². The van der Waals surface area contributed by atoms with Crippen LogP contribution in [0.25, 0.3) is 32.9 Å². The van der Waals surface area contributed by atoms with Crippen LogP contribution in [-0.2, 0) is 0 Å². The molecule has 7 heteroatoms. The third-order valence-corrected chi connectivity index (χ3v) is 5.31. The average Bonchev–Trinajstić information content (AvgIpc) is 3.24. The largest absolute Gasteiger partial charge is 0.373 e. The van der Waals surface area contributed by atoms with Crippen LogP contribution in [0.4, 0.5) is 11.5 Å². The van der Waals surface area contributed by atoms with Crippen LogP contribution in [0, 0.1) is 6.92 Å². The minimum absolute atomic E-state index is 0.186. The molecule has 0 bridgehead atoms. The summed E-state index contributed by atoms with van der Waals surface area (Å²) in [6.45, 7) is 1.94. The van der Waals surface area contributed by atoms with Crippen molar-refractivity contribution >= 4 is 39.2 Å². The molecule has 0 fully saturated rings. The number of aryl methyl sites for hydroxylation is 1. The molecule has 4 heterocycles. The number of carbonyl (C=O) groups is 1. The Bertz CT molecular complexity index is 1440. The van der Waals surface area contributed by atoms with Gasteiger partial charge in [-0.3, -0.25) is 14.8 Å². The molecule has 31 heavy (non-hydrogen) atoms. The van der Waals surface area contributed by atoms with Crippen LogP contribution in [0.1, 0.15) is 16.1 Å². The summed E-state index contributed by atoms with van der Waals surface area (Å²) in [4.78, 5) is 29.4. The number of nitrogens with one attached hydrogen (secondary N) is 3. The lowest BCUT2D eigenvalue weighted by Crippen LogP contribution is -2.12. The number of aromatic amines is 1. The van der Waals surface area contributed by atoms with Crippen LogP contribution < -0.4 is 10.6 Å². The molecule has 3 N–H and O–H groups in total. The molecule has 152 valence electrons. The van der Waals surface area contributed by atoms with Crippen LogP contribution in [0.2, 0.25) is 0 Å². The molecular weight excluding hydrogens is 388 g/mol. The van der Waals surface area contributed by atoms with Crippen LogP contribution in [0.3, 0.4) is 0 Å². The fraction of sp³-hybridized carbons (Fsp3) is 0.0833. The van der Waals surface area contributed by atoms with Crippen LogP contribution in [-0.4, -0.2) is 32.9 Å². The summed E-state index contributed by atoms with van der Waals surface area (Å²) in [5, 5.41) is 7.80. The number of pyridine rings is 3. The molecule has 5 aromatic rings. The number of nitrogens with zero attached hydrogens (tertiary/aromatic N) is 3. The van der Waals surface area contributed by atoms with Gasteiger partial charge in [-0.25, -0.2) is 4.98 Å². The molecule has 4 aromatic heterocycles. The summed E-state index contributed by atoms with van der Waals surface area (Å²) < 4.78 is 0. The van der Waals surface area contributed by atoms with Gasteiger partial charge in [0, 0.05) is 64.8 Å². The van der Waals surface area contributed by atoms with Crippen molar-refractivity contribution in [2.24, 2.45) is 0 Å². The highest BCUT2D eigenvalue weighted by atomic mass is 16.1. The maximum absolute atomic E-state index is 12.9. The number of carbonyl (C=O) groups excluding carboxylic acids is 1. The lowest BCUT2D eigenvalue weighted by molar-refractivity contribution is 0.102. The van der Waals surface area contributed by atoms with Crippen molar-refractivity contribution in [1.29, 1.82) is 0 Å². The van der Waals surface area contributed by atoms with Gasteiger partial charge in [0.15, 0.2) is 0 Å². The van der Waals surface area contributed by atoms with Crippen LogP contribution in [0.15, 0.2) is 67.3 Å². The molecule has 7 nitrogen and oxygen atoms in total. The molecule has 1 amide bonds. The summed E-state index contributed by atoms with van der Waals surface area (Å²) in [5.74, 6) is 0.585. The van der Waals surface area contributed by atoms with E-state index in [1.54, 1.807) is 18.6 Å². The second-order valence-electron chi connectivity index (χ2n) is 7.30. The lowest BCUT2D eigenvalue weighted by atomic mass is 10.0. The number of H-pyrrole nitrogens is 1. The molecule has 1 aromatic carbocycles. The van der Waals surface area contributed by atoms with Crippen LogP contribution in [0.5, 0.6) is 0 Å². The Morgan fingerprint density at radius 2 is 1.87 bits per heavy atom. The number of amides is 1. The smallest absolute Gasteiger partial charge is 0.257 e. The van der Waals surface area contributed by atoms with E-state index in [1.807, 2.05) is 62.6 Å². The molecule has 0 saturated carbocycles. The predicted molar refractivity (Wildman–Crippen MR) is 123 cm³/mol. The number of aromatic nitrogens is 4. The van der Waals surface area contributed by atoms with Crippen molar-refractivity contribution in [3.63, 3.8) is 0 Å². The normalized spacial score (nSPS) is 11.0. The van der Waals surface area contributed by atoms with Crippen molar-refractivity contribution in [3.05, 3.63) is 78.5 Å². The Balaban J connectivity index is 1.48. The molecular formula is C24H20N6O. The molecule has 0 atom stereocenters. The summed E-state index contributed by atoms with van der Waals surface area (Å²) >= 11 is 0. The minimum atomic E-state index is -0.186. The van der Waals surface area contributed by atoms with Gasteiger partial charge in [-0.05, 0) is 25.1 Å². The quantitative estimate of drug-likeness (QED) is 0.398. The standard InChI is InChI=1S/C24H20N6O/c1-14-19(15-7-16-11-29-23(25-2)9-22(16)27-10-15)8-17(12-26-14)30-24(31)20-13-28-21-6-4-3-5-18(20)21/h3-13,28H,1-2H3,(H,25,29)(H,30,31). The fourth-order valence-corrected chi connectivity index (χ4v) is 3.66. The summed E-state index contributed by atoms with van der Waals surface area (Å²) in [6, 6.07) is 13.6. The van der Waals surface area contributed by atoms with Crippen molar-refractivity contribution in [1.82, 2.24) is 19.9 Å². The minimum Gasteiger partial charge on any atom is -0.373 e. The van der Waals surface area contributed by atoms with Gasteiger partial charge in [0.25, 0.3) is 5.91 Å². The highest BCUT2D eigenvalue weighted by Gasteiger charge is 2.14. The highest BCUT2D eigenvalue weighted by molar-refractivity contribution is 6.12. The Morgan fingerprint density at radius 1 is 1.00 bits per heavy atom. The third kappa shape index (κ3) is 3.46. The van der Waals surface area contributed by atoms with Crippen LogP contribution >= 0.6 is 0 Å². The average molecular weight is 408 g/mol. The number of hydrogen-bond donors (Lipinski definition) is 3. The van der Waals surface area contributed by atoms with Gasteiger partial charge in [-0.15, -0.1) is 0 Å². The van der Waals surface area contributed by atoms with Gasteiger partial charge in [0.1, 0.15) is 5.82 Å². The number of fused-ring (bicyclic) bond motifs is 2. The van der Waals surface area contributed by atoms with E-state index in [1.165, 1.54) is 0 Å². The van der Waals surface area contributed by atoms with Crippen molar-refractivity contribution < 1.29 is 4.79 Å². The maximum atomic E-state index is 12.9. The zero-order chi connectivity index (χ0) is 21.4. The maximum Gasteiger partial charge on any atom is 0.257 e. The molecule has 0 aliphatic heterocycles. The van der Waals surface area contributed by atoms with E-state index in [9.17, 15) is 4.79 Å². The molecule has 0 aliphatic rings. The summed E-state index contributed by atoms with van der Waals surface area (Å²) in [5.41, 5.74) is 5.68. The first kappa shape index (κ1) is 18.7. The summed E-state index contributed by atoms with van der Waals surface area (Å²) in [7, 11) is 1.83. The number of hydrogen-bond acceptors (Lipinski definition) is 5. The van der Waals surface area contributed by atoms with Crippen molar-refractivity contribution in [3.8, 4) is 11.1 Å². The van der Waals surface area contributed by atoms with E-state index in [0.717, 1.165) is 44.4 Å². The second-order valence-corrected chi connectivity index (χ2v) is 7.30. The van der Waals surface area contributed by atoms with E-state index >= 15 is 0 Å². The zero-order valence-electron chi connectivity index (χ0n) is 17.1. The first-order valence-electron chi connectivity index (χ1n) is 9.90. The first-order valence-corrected chi connectivity index (χ1v) is 9.90. The topological polar surface area (TPSA) is 95.6 Å². The van der Waals surface area contributed by atoms with Crippen molar-refractivity contribution in [2.75, 3.05) is 17.7 Å². The molecule has 0 radical (unpaired) electrons. The molecule has 0 unspecified atom stereocenters. The third-order valence-electron chi connectivity index (χ3n) is 5.31. The Kier molecular flexibility index (Phi) is 4.55. The number of rotatable bonds is 4. The van der Waals surface area contributed by atoms with E-state index in [0.29, 0.717) is 11.3 Å².